The lowest BCUT2D eigenvalue weighted by Crippen LogP contribution is -2.24. The summed E-state index contributed by atoms with van der Waals surface area (Å²) in [5.74, 6) is 0.623. The van der Waals surface area contributed by atoms with E-state index < -0.39 is 0 Å². The van der Waals surface area contributed by atoms with Gasteiger partial charge in [-0.3, -0.25) is 0 Å². The largest absolute Gasteiger partial charge is 0.476 e. The van der Waals surface area contributed by atoms with Gasteiger partial charge in [-0.15, -0.1) is 0 Å². The van der Waals surface area contributed by atoms with Crippen molar-refractivity contribution in [2.45, 2.75) is 26.3 Å². The summed E-state index contributed by atoms with van der Waals surface area (Å²) in [4.78, 5) is 8.54. The maximum atomic E-state index is 5.69. The van der Waals surface area contributed by atoms with Crippen LogP contribution >= 0.6 is 0 Å². The molecular weight excluding hydrogens is 228 g/mol. The van der Waals surface area contributed by atoms with E-state index in [1.54, 1.807) is 12.5 Å². The molecule has 1 N–H and O–H groups in total. The lowest BCUT2D eigenvalue weighted by atomic mass is 10.3. The molecule has 2 aromatic rings. The van der Waals surface area contributed by atoms with E-state index in [1.807, 2.05) is 17.7 Å². The van der Waals surface area contributed by atoms with Crippen LogP contribution in [0.5, 0.6) is 5.88 Å². The molecule has 98 valence electrons. The minimum atomic E-state index is 0.516. The zero-order chi connectivity index (χ0) is 13.0. The number of hydrogen-bond donors (Lipinski definition) is 1. The van der Waals surface area contributed by atoms with Crippen molar-refractivity contribution in [3.63, 3.8) is 0 Å². The van der Waals surface area contributed by atoms with Gasteiger partial charge in [0.15, 0.2) is 5.52 Å². The van der Waals surface area contributed by atoms with Crippen LogP contribution in [0.1, 0.15) is 20.3 Å². The van der Waals surface area contributed by atoms with Crippen LogP contribution in [0, 0.1) is 0 Å². The minimum absolute atomic E-state index is 0.516. The molecule has 0 aliphatic carbocycles. The second-order valence-electron chi connectivity index (χ2n) is 4.65. The molecule has 0 atom stereocenters. The Hall–Kier alpha value is -1.62. The van der Waals surface area contributed by atoms with Crippen molar-refractivity contribution in [2.75, 3.05) is 13.2 Å². The normalized spacial score (nSPS) is 11.3. The molecule has 18 heavy (non-hydrogen) atoms. The van der Waals surface area contributed by atoms with Crippen LogP contribution in [0.15, 0.2) is 18.6 Å². The van der Waals surface area contributed by atoms with Crippen LogP contribution < -0.4 is 10.1 Å². The summed E-state index contributed by atoms with van der Waals surface area (Å²) in [6.07, 6.45) is 4.49. The van der Waals surface area contributed by atoms with Gasteiger partial charge in [-0.05, 0) is 19.0 Å². The van der Waals surface area contributed by atoms with Crippen LogP contribution in [-0.2, 0) is 7.05 Å². The van der Waals surface area contributed by atoms with Crippen molar-refractivity contribution in [3.8, 4) is 5.88 Å². The Bertz CT molecular complexity index is 507. The number of nitrogens with zero attached hydrogens (tertiary/aromatic N) is 3. The summed E-state index contributed by atoms with van der Waals surface area (Å²) in [6, 6.07) is 2.46. The zero-order valence-corrected chi connectivity index (χ0v) is 11.2. The van der Waals surface area contributed by atoms with E-state index in [-0.39, 0.29) is 0 Å². The monoisotopic (exact) mass is 248 g/mol. The number of aromatic nitrogens is 3. The number of pyridine rings is 1. The molecule has 0 fully saturated rings. The van der Waals surface area contributed by atoms with Gasteiger partial charge in [-0.25, -0.2) is 9.97 Å². The van der Waals surface area contributed by atoms with Gasteiger partial charge < -0.3 is 14.6 Å². The topological polar surface area (TPSA) is 52.0 Å². The fourth-order valence-electron chi connectivity index (χ4n) is 1.78. The van der Waals surface area contributed by atoms with Crippen molar-refractivity contribution < 1.29 is 4.74 Å². The highest BCUT2D eigenvalue weighted by Crippen LogP contribution is 2.20. The maximum absolute atomic E-state index is 5.69. The average molecular weight is 248 g/mol. The van der Waals surface area contributed by atoms with Gasteiger partial charge in [-0.2, -0.15) is 0 Å². The minimum Gasteiger partial charge on any atom is -0.476 e. The summed E-state index contributed by atoms with van der Waals surface area (Å²) >= 11 is 0. The number of hydrogen-bond acceptors (Lipinski definition) is 4. The second kappa shape index (κ2) is 5.82. The Kier molecular flexibility index (Phi) is 4.15. The first-order valence-corrected chi connectivity index (χ1v) is 6.30. The molecule has 2 heterocycles. The fourth-order valence-corrected chi connectivity index (χ4v) is 1.78. The molecule has 0 bridgehead atoms. The highest BCUT2D eigenvalue weighted by atomic mass is 16.5. The first-order chi connectivity index (χ1) is 8.68. The zero-order valence-electron chi connectivity index (χ0n) is 11.2. The predicted octanol–water partition coefficient (Wildman–Crippen LogP) is 1.74. The predicted molar refractivity (Wildman–Crippen MR) is 71.8 cm³/mol. The number of fused-ring (bicyclic) bond motifs is 1. The third kappa shape index (κ3) is 2.98. The highest BCUT2D eigenvalue weighted by Gasteiger charge is 2.07. The molecule has 0 aliphatic heterocycles. The van der Waals surface area contributed by atoms with E-state index in [0.717, 1.165) is 24.0 Å². The smallest absolute Gasteiger partial charge is 0.242 e. The lowest BCUT2D eigenvalue weighted by Gasteiger charge is -2.08. The first-order valence-electron chi connectivity index (χ1n) is 6.30. The van der Waals surface area contributed by atoms with Crippen LogP contribution in [-0.4, -0.2) is 33.7 Å². The Labute approximate surface area is 107 Å². The van der Waals surface area contributed by atoms with E-state index in [1.165, 1.54) is 0 Å². The molecule has 0 aromatic carbocycles. The van der Waals surface area contributed by atoms with Crippen molar-refractivity contribution in [1.29, 1.82) is 0 Å². The van der Waals surface area contributed by atoms with Crippen LogP contribution in [0.2, 0.25) is 0 Å². The molecule has 0 spiro atoms. The Morgan fingerprint density at radius 1 is 1.39 bits per heavy atom. The molecule has 0 radical (unpaired) electrons. The fraction of sp³-hybridized carbons (Fsp3) is 0.538. The maximum Gasteiger partial charge on any atom is 0.242 e. The molecule has 0 amide bonds. The van der Waals surface area contributed by atoms with Crippen LogP contribution in [0.3, 0.4) is 0 Å². The second-order valence-corrected chi connectivity index (χ2v) is 4.65. The quantitative estimate of drug-likeness (QED) is 0.791. The van der Waals surface area contributed by atoms with Gasteiger partial charge in [0.2, 0.25) is 5.88 Å². The first kappa shape index (κ1) is 12.8. The highest BCUT2D eigenvalue weighted by molar-refractivity contribution is 5.79. The molecule has 0 saturated heterocycles. The van der Waals surface area contributed by atoms with Crippen molar-refractivity contribution in [2.24, 2.45) is 7.05 Å². The van der Waals surface area contributed by atoms with Crippen LogP contribution in [0.25, 0.3) is 11.0 Å². The third-order valence-electron chi connectivity index (χ3n) is 2.72. The van der Waals surface area contributed by atoms with E-state index in [0.29, 0.717) is 18.5 Å². The third-order valence-corrected chi connectivity index (χ3v) is 2.72. The summed E-state index contributed by atoms with van der Waals surface area (Å²) < 4.78 is 7.65. The molecule has 5 nitrogen and oxygen atoms in total. The molecule has 2 rings (SSSR count). The van der Waals surface area contributed by atoms with Crippen molar-refractivity contribution in [1.82, 2.24) is 19.9 Å². The molecule has 0 unspecified atom stereocenters. The molecule has 5 heteroatoms. The molecule has 0 saturated carbocycles. The van der Waals surface area contributed by atoms with E-state index in [2.05, 4.69) is 29.1 Å². The average Bonchev–Trinajstić information content (AvgIpc) is 2.71. The van der Waals surface area contributed by atoms with E-state index in [9.17, 15) is 0 Å². The van der Waals surface area contributed by atoms with E-state index >= 15 is 0 Å². The summed E-state index contributed by atoms with van der Waals surface area (Å²) in [5, 5.41) is 3.35. The number of rotatable bonds is 6. The number of nitrogens with one attached hydrogen (secondary N) is 1. The standard InChI is InChI=1S/C13H20N4O/c1-10(2)14-6-4-8-18-13-12-11(5-7-15-13)17(3)9-16-12/h5,7,9-10,14H,4,6,8H2,1-3H3. The Morgan fingerprint density at radius 3 is 3.00 bits per heavy atom. The van der Waals surface area contributed by atoms with Gasteiger partial charge in [0.1, 0.15) is 0 Å². The Balaban J connectivity index is 1.92. The van der Waals surface area contributed by atoms with Gasteiger partial charge in [0.05, 0.1) is 18.5 Å². The van der Waals surface area contributed by atoms with Gasteiger partial charge in [0, 0.05) is 19.3 Å². The molecular formula is C13H20N4O. The summed E-state index contributed by atoms with van der Waals surface area (Å²) in [6.45, 7) is 5.88. The SMILES string of the molecule is CC(C)NCCCOc1nccc2c1ncn2C. The summed E-state index contributed by atoms with van der Waals surface area (Å²) in [7, 11) is 1.96. The molecule has 2 aromatic heterocycles. The molecule has 0 aliphatic rings. The number of imidazole rings is 1. The number of ether oxygens (including phenoxy) is 1. The van der Waals surface area contributed by atoms with E-state index in [4.69, 9.17) is 4.74 Å². The van der Waals surface area contributed by atoms with Gasteiger partial charge >= 0.3 is 0 Å². The van der Waals surface area contributed by atoms with Crippen molar-refractivity contribution in [3.05, 3.63) is 18.6 Å². The number of aryl methyl sites for hydroxylation is 1. The van der Waals surface area contributed by atoms with Gasteiger partial charge in [0.25, 0.3) is 0 Å². The van der Waals surface area contributed by atoms with Crippen LogP contribution in [0.4, 0.5) is 0 Å². The van der Waals surface area contributed by atoms with Gasteiger partial charge in [-0.1, -0.05) is 13.8 Å². The van der Waals surface area contributed by atoms with Crippen molar-refractivity contribution >= 4 is 11.0 Å². The lowest BCUT2D eigenvalue weighted by molar-refractivity contribution is 0.298. The summed E-state index contributed by atoms with van der Waals surface area (Å²) in [5.41, 5.74) is 1.87. The Morgan fingerprint density at radius 2 is 2.22 bits per heavy atom.